The molecule has 226 valence electrons. The van der Waals surface area contributed by atoms with Crippen molar-refractivity contribution in [3.05, 3.63) is 141 Å². The molecule has 3 aromatic carbocycles. The SMILES string of the molecule is O=C(C=C(O)c1cc(Cc2cc(F)c(F)c(F)c2)cn(Cc2ccccc2F)c1=O)C(=O)N1CCN(c2ccccc2)CC1. The van der Waals surface area contributed by atoms with Crippen LogP contribution in [0.4, 0.5) is 23.2 Å². The molecule has 1 aromatic heterocycles. The van der Waals surface area contributed by atoms with Crippen LogP contribution in [0.25, 0.3) is 5.76 Å². The minimum absolute atomic E-state index is 0.0211. The van der Waals surface area contributed by atoms with Crippen LogP contribution < -0.4 is 10.5 Å². The number of piperazine rings is 1. The quantitative estimate of drug-likeness (QED) is 0.102. The standard InChI is InChI=1S/C33H27F4N3O4/c34-26-9-5-4-6-23(26)20-40-19-22(14-21-16-27(35)31(37)28(36)17-21)15-25(32(40)43)29(41)18-30(42)33(44)39-12-10-38(11-13-39)24-7-2-1-3-8-24/h1-9,15-19,41H,10-14,20H2. The van der Waals surface area contributed by atoms with Gasteiger partial charge in [0.05, 0.1) is 12.1 Å². The molecule has 44 heavy (non-hydrogen) atoms. The van der Waals surface area contributed by atoms with Gasteiger partial charge in [-0.2, -0.15) is 0 Å². The first kappa shape index (κ1) is 30.3. The molecule has 1 fully saturated rings. The van der Waals surface area contributed by atoms with Crippen molar-refractivity contribution in [3.63, 3.8) is 0 Å². The van der Waals surface area contributed by atoms with Gasteiger partial charge in [-0.25, -0.2) is 17.6 Å². The zero-order chi connectivity index (χ0) is 31.4. The first-order chi connectivity index (χ1) is 21.1. The highest BCUT2D eigenvalue weighted by molar-refractivity contribution is 6.41. The Morgan fingerprint density at radius 1 is 0.795 bits per heavy atom. The lowest BCUT2D eigenvalue weighted by molar-refractivity contribution is -0.142. The lowest BCUT2D eigenvalue weighted by Gasteiger charge is -2.35. The normalized spacial score (nSPS) is 13.7. The minimum atomic E-state index is -1.64. The molecule has 0 spiro atoms. The zero-order valence-electron chi connectivity index (χ0n) is 23.4. The number of carbonyl (C=O) groups is 2. The average Bonchev–Trinajstić information content (AvgIpc) is 3.02. The number of hydrogen-bond acceptors (Lipinski definition) is 5. The van der Waals surface area contributed by atoms with Crippen molar-refractivity contribution >= 4 is 23.1 Å². The summed E-state index contributed by atoms with van der Waals surface area (Å²) in [6.07, 6.45) is 1.76. The number of aromatic nitrogens is 1. The number of pyridine rings is 1. The molecule has 5 rings (SSSR count). The molecule has 0 radical (unpaired) electrons. The molecule has 1 amide bonds. The van der Waals surface area contributed by atoms with E-state index in [1.165, 1.54) is 35.4 Å². The van der Waals surface area contributed by atoms with Gasteiger partial charge in [-0.3, -0.25) is 14.4 Å². The Morgan fingerprint density at radius 2 is 1.43 bits per heavy atom. The summed E-state index contributed by atoms with van der Waals surface area (Å²) >= 11 is 0. The van der Waals surface area contributed by atoms with Crippen molar-refractivity contribution in [2.45, 2.75) is 13.0 Å². The number of anilines is 1. The Kier molecular flexibility index (Phi) is 8.94. The zero-order valence-corrected chi connectivity index (χ0v) is 23.4. The highest BCUT2D eigenvalue weighted by atomic mass is 19.2. The van der Waals surface area contributed by atoms with Gasteiger partial charge < -0.3 is 19.5 Å². The molecule has 0 unspecified atom stereocenters. The van der Waals surface area contributed by atoms with E-state index in [1.54, 1.807) is 6.07 Å². The lowest BCUT2D eigenvalue weighted by atomic mass is 10.0. The van der Waals surface area contributed by atoms with Gasteiger partial charge in [0.2, 0.25) is 5.78 Å². The summed E-state index contributed by atoms with van der Waals surface area (Å²) in [6.45, 7) is 1.25. The van der Waals surface area contributed by atoms with E-state index in [9.17, 15) is 37.1 Å². The maximum Gasteiger partial charge on any atom is 0.294 e. The number of nitrogens with zero attached hydrogens (tertiary/aromatic N) is 3. The summed E-state index contributed by atoms with van der Waals surface area (Å²) in [7, 11) is 0. The number of benzene rings is 3. The van der Waals surface area contributed by atoms with Crippen LogP contribution in [0, 0.1) is 23.3 Å². The second-order valence-electron chi connectivity index (χ2n) is 10.3. The van der Waals surface area contributed by atoms with Crippen LogP contribution in [0.2, 0.25) is 0 Å². The van der Waals surface area contributed by atoms with E-state index in [0.717, 1.165) is 22.4 Å². The molecular formula is C33H27F4N3O4. The molecule has 0 atom stereocenters. The first-order valence-corrected chi connectivity index (χ1v) is 13.7. The number of ketones is 1. The van der Waals surface area contributed by atoms with Crippen molar-refractivity contribution < 1.29 is 32.3 Å². The van der Waals surface area contributed by atoms with Gasteiger partial charge in [0.15, 0.2) is 17.5 Å². The fraction of sp³-hybridized carbons (Fsp3) is 0.182. The van der Waals surface area contributed by atoms with Gasteiger partial charge >= 0.3 is 0 Å². The topological polar surface area (TPSA) is 82.8 Å². The van der Waals surface area contributed by atoms with Gasteiger partial charge in [0.25, 0.3) is 11.5 Å². The van der Waals surface area contributed by atoms with Crippen molar-refractivity contribution in [1.82, 2.24) is 9.47 Å². The third-order valence-corrected chi connectivity index (χ3v) is 7.34. The maximum absolute atomic E-state index is 14.4. The van der Waals surface area contributed by atoms with E-state index >= 15 is 0 Å². The second kappa shape index (κ2) is 13.0. The van der Waals surface area contributed by atoms with Crippen molar-refractivity contribution in [3.8, 4) is 0 Å². The average molecular weight is 606 g/mol. The number of halogens is 4. The largest absolute Gasteiger partial charge is 0.507 e. The van der Waals surface area contributed by atoms with Gasteiger partial charge in [0.1, 0.15) is 11.6 Å². The predicted molar refractivity (Wildman–Crippen MR) is 156 cm³/mol. The van der Waals surface area contributed by atoms with E-state index < -0.39 is 51.8 Å². The Balaban J connectivity index is 1.41. The highest BCUT2D eigenvalue weighted by Crippen LogP contribution is 2.20. The fourth-order valence-electron chi connectivity index (χ4n) is 5.08. The van der Waals surface area contributed by atoms with E-state index in [4.69, 9.17) is 0 Å². The molecule has 0 aliphatic carbocycles. The first-order valence-electron chi connectivity index (χ1n) is 13.7. The minimum Gasteiger partial charge on any atom is -0.507 e. The van der Waals surface area contributed by atoms with E-state index in [2.05, 4.69) is 4.90 Å². The molecule has 1 aliphatic heterocycles. The van der Waals surface area contributed by atoms with Crippen molar-refractivity contribution in [2.75, 3.05) is 31.1 Å². The number of amides is 1. The molecule has 1 N–H and O–H groups in total. The van der Waals surface area contributed by atoms with Crippen LogP contribution in [0.15, 0.2) is 89.9 Å². The van der Waals surface area contributed by atoms with Crippen molar-refractivity contribution in [1.29, 1.82) is 0 Å². The van der Waals surface area contributed by atoms with E-state index in [0.29, 0.717) is 19.2 Å². The molecule has 4 aromatic rings. The van der Waals surface area contributed by atoms with Crippen LogP contribution in [-0.4, -0.2) is 52.4 Å². The third-order valence-electron chi connectivity index (χ3n) is 7.34. The van der Waals surface area contributed by atoms with Crippen LogP contribution in [0.3, 0.4) is 0 Å². The number of aliphatic hydroxyl groups is 1. The number of carbonyl (C=O) groups excluding carboxylic acids is 2. The van der Waals surface area contributed by atoms with Crippen LogP contribution in [0.1, 0.15) is 22.3 Å². The lowest BCUT2D eigenvalue weighted by Crippen LogP contribution is -2.50. The summed E-state index contributed by atoms with van der Waals surface area (Å²) in [5, 5.41) is 10.9. The Hall–Kier alpha value is -5.19. The summed E-state index contributed by atoms with van der Waals surface area (Å²) in [4.78, 5) is 42.6. The number of hydrogen-bond donors (Lipinski definition) is 1. The molecule has 1 saturated heterocycles. The van der Waals surface area contributed by atoms with Crippen LogP contribution >= 0.6 is 0 Å². The Labute approximate surface area is 249 Å². The van der Waals surface area contributed by atoms with Crippen LogP contribution in [0.5, 0.6) is 0 Å². The number of para-hydroxylation sites is 1. The molecule has 11 heteroatoms. The summed E-state index contributed by atoms with van der Waals surface area (Å²) < 4.78 is 56.7. The van der Waals surface area contributed by atoms with Gasteiger partial charge in [-0.15, -0.1) is 0 Å². The summed E-state index contributed by atoms with van der Waals surface area (Å²) in [6, 6.07) is 18.1. The van der Waals surface area contributed by atoms with Gasteiger partial charge in [-0.05, 0) is 53.9 Å². The number of rotatable bonds is 8. The number of aliphatic hydroxyl groups excluding tert-OH is 1. The maximum atomic E-state index is 14.4. The Morgan fingerprint density at radius 3 is 2.09 bits per heavy atom. The van der Waals surface area contributed by atoms with E-state index in [1.807, 2.05) is 30.3 Å². The molecule has 0 bridgehead atoms. The third kappa shape index (κ3) is 6.72. The van der Waals surface area contributed by atoms with Gasteiger partial charge in [-0.1, -0.05) is 36.4 Å². The predicted octanol–water partition coefficient (Wildman–Crippen LogP) is 4.86. The molecule has 0 saturated carbocycles. The van der Waals surface area contributed by atoms with Crippen molar-refractivity contribution in [2.24, 2.45) is 0 Å². The molecular weight excluding hydrogens is 578 g/mol. The fourth-order valence-corrected chi connectivity index (χ4v) is 5.08. The smallest absolute Gasteiger partial charge is 0.294 e. The summed E-state index contributed by atoms with van der Waals surface area (Å²) in [5.41, 5.74) is 0.183. The van der Waals surface area contributed by atoms with E-state index in [-0.39, 0.29) is 42.7 Å². The summed E-state index contributed by atoms with van der Waals surface area (Å²) in [5.74, 6) is -7.76. The molecule has 7 nitrogen and oxygen atoms in total. The molecule has 1 aliphatic rings. The monoisotopic (exact) mass is 605 g/mol. The van der Waals surface area contributed by atoms with Crippen LogP contribution in [-0.2, 0) is 22.6 Å². The highest BCUT2D eigenvalue weighted by Gasteiger charge is 2.26. The van der Waals surface area contributed by atoms with Gasteiger partial charge in [0, 0.05) is 49.7 Å². The molecule has 2 heterocycles. The Bertz CT molecular complexity index is 1780. The second-order valence-corrected chi connectivity index (χ2v) is 10.3.